The summed E-state index contributed by atoms with van der Waals surface area (Å²) in [6.07, 6.45) is 0.289. The Morgan fingerprint density at radius 2 is 2.35 bits per heavy atom. The summed E-state index contributed by atoms with van der Waals surface area (Å²) in [7, 11) is 0. The number of carbonyl (C=O) groups excluding carboxylic acids is 1. The van der Waals surface area contributed by atoms with Crippen molar-refractivity contribution in [3.8, 4) is 6.07 Å². The van der Waals surface area contributed by atoms with Crippen molar-refractivity contribution in [1.29, 1.82) is 5.26 Å². The number of alkyl carbamates (subject to hydrolysis) is 1. The molecule has 5 nitrogen and oxygen atoms in total. The maximum Gasteiger partial charge on any atom is 0.407 e. The molecule has 1 amide bonds. The van der Waals surface area contributed by atoms with Crippen molar-refractivity contribution in [3.05, 3.63) is 16.3 Å². The van der Waals surface area contributed by atoms with Gasteiger partial charge in [0.15, 0.2) is 0 Å². The highest BCUT2D eigenvalue weighted by Gasteiger charge is 2.28. The number of anilines is 1. The van der Waals surface area contributed by atoms with Gasteiger partial charge in [0.25, 0.3) is 0 Å². The number of thiophene rings is 1. The summed E-state index contributed by atoms with van der Waals surface area (Å²) in [6, 6.07) is 4.14. The van der Waals surface area contributed by atoms with E-state index in [1.54, 1.807) is 0 Å². The summed E-state index contributed by atoms with van der Waals surface area (Å²) in [4.78, 5) is 14.5. The second-order valence-electron chi connectivity index (χ2n) is 5.88. The number of nitrogens with zero attached hydrogens (tertiary/aromatic N) is 2. The van der Waals surface area contributed by atoms with E-state index < -0.39 is 0 Å². The fraction of sp³-hybridized carbons (Fsp3) is 0.571. The SMILES string of the molecule is CC(C)(C)NC(=O)O[C@H]1CCN(c2ccsc2C#N)C1. The number of carbonyl (C=O) groups is 1. The van der Waals surface area contributed by atoms with Gasteiger partial charge in [-0.3, -0.25) is 0 Å². The van der Waals surface area contributed by atoms with E-state index in [0.29, 0.717) is 11.4 Å². The fourth-order valence-corrected chi connectivity index (χ4v) is 2.87. The minimum atomic E-state index is -0.379. The Hall–Kier alpha value is -1.74. The molecule has 0 aliphatic carbocycles. The van der Waals surface area contributed by atoms with Gasteiger partial charge in [0.2, 0.25) is 0 Å². The first kappa shape index (κ1) is 14.7. The summed E-state index contributed by atoms with van der Waals surface area (Å²) < 4.78 is 5.42. The van der Waals surface area contributed by atoms with Crippen molar-refractivity contribution < 1.29 is 9.53 Å². The molecule has 0 unspecified atom stereocenters. The van der Waals surface area contributed by atoms with Crippen molar-refractivity contribution in [1.82, 2.24) is 5.32 Å². The molecule has 0 saturated carbocycles. The van der Waals surface area contributed by atoms with Crippen molar-refractivity contribution in [2.24, 2.45) is 0 Å². The molecule has 2 rings (SSSR count). The first-order valence-corrected chi connectivity index (χ1v) is 7.48. The summed E-state index contributed by atoms with van der Waals surface area (Å²) in [6.45, 7) is 7.20. The lowest BCUT2D eigenvalue weighted by molar-refractivity contribution is 0.101. The van der Waals surface area contributed by atoms with Crippen LogP contribution >= 0.6 is 11.3 Å². The van der Waals surface area contributed by atoms with E-state index in [2.05, 4.69) is 16.3 Å². The van der Waals surface area contributed by atoms with Crippen LogP contribution in [0.3, 0.4) is 0 Å². The lowest BCUT2D eigenvalue weighted by Crippen LogP contribution is -2.42. The number of hydrogen-bond donors (Lipinski definition) is 1. The smallest absolute Gasteiger partial charge is 0.407 e. The topological polar surface area (TPSA) is 65.4 Å². The van der Waals surface area contributed by atoms with Gasteiger partial charge in [-0.25, -0.2) is 4.79 Å². The number of amides is 1. The summed E-state index contributed by atoms with van der Waals surface area (Å²) >= 11 is 1.44. The molecule has 0 aromatic carbocycles. The van der Waals surface area contributed by atoms with Crippen LogP contribution in [0, 0.1) is 11.3 Å². The Balaban J connectivity index is 1.90. The third-order valence-corrected chi connectivity index (χ3v) is 3.79. The van der Waals surface area contributed by atoms with E-state index in [0.717, 1.165) is 18.7 Å². The molecule has 1 aliphatic heterocycles. The number of nitriles is 1. The van der Waals surface area contributed by atoms with Gasteiger partial charge in [0.05, 0.1) is 12.2 Å². The molecule has 20 heavy (non-hydrogen) atoms. The standard InChI is InChI=1S/C14H19N3O2S/c1-14(2,3)16-13(18)19-10-4-6-17(9-10)11-5-7-20-12(11)8-15/h5,7,10H,4,6,9H2,1-3H3,(H,16,18)/t10-/m0/s1. The summed E-state index contributed by atoms with van der Waals surface area (Å²) in [5, 5.41) is 13.7. The molecule has 0 bridgehead atoms. The molecule has 1 aromatic rings. The first-order valence-electron chi connectivity index (χ1n) is 6.60. The van der Waals surface area contributed by atoms with Crippen molar-refractivity contribution in [2.75, 3.05) is 18.0 Å². The van der Waals surface area contributed by atoms with Crippen LogP contribution in [-0.2, 0) is 4.74 Å². The van der Waals surface area contributed by atoms with E-state index >= 15 is 0 Å². The zero-order valence-electron chi connectivity index (χ0n) is 12.0. The van der Waals surface area contributed by atoms with E-state index in [9.17, 15) is 4.79 Å². The van der Waals surface area contributed by atoms with Crippen LogP contribution < -0.4 is 10.2 Å². The molecule has 108 valence electrons. The number of nitrogens with one attached hydrogen (secondary N) is 1. The average Bonchev–Trinajstić information content (AvgIpc) is 2.93. The first-order chi connectivity index (χ1) is 9.39. The Bertz CT molecular complexity index is 527. The third-order valence-electron chi connectivity index (χ3n) is 2.98. The molecule has 1 N–H and O–H groups in total. The van der Waals surface area contributed by atoms with Crippen LogP contribution in [0.25, 0.3) is 0 Å². The van der Waals surface area contributed by atoms with E-state index in [4.69, 9.17) is 10.00 Å². The van der Waals surface area contributed by atoms with Crippen LogP contribution in [-0.4, -0.2) is 30.8 Å². The average molecular weight is 293 g/mol. The zero-order valence-corrected chi connectivity index (χ0v) is 12.8. The van der Waals surface area contributed by atoms with Gasteiger partial charge in [0, 0.05) is 18.5 Å². The van der Waals surface area contributed by atoms with Crippen molar-refractivity contribution in [3.63, 3.8) is 0 Å². The van der Waals surface area contributed by atoms with E-state index in [1.165, 1.54) is 11.3 Å². The minimum Gasteiger partial charge on any atom is -0.444 e. The number of rotatable bonds is 2. The largest absolute Gasteiger partial charge is 0.444 e. The molecule has 1 aliphatic rings. The second kappa shape index (κ2) is 5.71. The number of hydrogen-bond acceptors (Lipinski definition) is 5. The molecular weight excluding hydrogens is 274 g/mol. The highest BCUT2D eigenvalue weighted by Crippen LogP contribution is 2.29. The highest BCUT2D eigenvalue weighted by molar-refractivity contribution is 7.11. The van der Waals surface area contributed by atoms with Crippen LogP contribution in [0.5, 0.6) is 0 Å². The maximum atomic E-state index is 11.7. The summed E-state index contributed by atoms with van der Waals surface area (Å²) in [5.74, 6) is 0. The molecule has 1 fully saturated rings. The van der Waals surface area contributed by atoms with Gasteiger partial charge >= 0.3 is 6.09 Å². The molecule has 2 heterocycles. The molecular formula is C14H19N3O2S. The van der Waals surface area contributed by atoms with Gasteiger partial charge < -0.3 is 15.0 Å². The Morgan fingerprint density at radius 3 is 3.00 bits per heavy atom. The van der Waals surface area contributed by atoms with E-state index in [1.807, 2.05) is 32.2 Å². The Kier molecular flexibility index (Phi) is 4.19. The lowest BCUT2D eigenvalue weighted by atomic mass is 10.1. The van der Waals surface area contributed by atoms with Crippen molar-refractivity contribution >= 4 is 23.1 Å². The minimum absolute atomic E-state index is 0.121. The molecule has 6 heteroatoms. The predicted octanol–water partition coefficient (Wildman–Crippen LogP) is 2.72. The van der Waals surface area contributed by atoms with Crippen LogP contribution in [0.1, 0.15) is 32.1 Å². The lowest BCUT2D eigenvalue weighted by Gasteiger charge is -2.22. The fourth-order valence-electron chi connectivity index (χ4n) is 2.17. The van der Waals surface area contributed by atoms with Crippen molar-refractivity contribution in [2.45, 2.75) is 38.8 Å². The van der Waals surface area contributed by atoms with Gasteiger partial charge in [-0.2, -0.15) is 5.26 Å². The van der Waals surface area contributed by atoms with Gasteiger partial charge in [-0.1, -0.05) is 0 Å². The predicted molar refractivity (Wildman–Crippen MR) is 79.0 cm³/mol. The molecule has 1 saturated heterocycles. The molecule has 1 atom stereocenters. The monoisotopic (exact) mass is 293 g/mol. The highest BCUT2D eigenvalue weighted by atomic mass is 32.1. The quantitative estimate of drug-likeness (QED) is 0.910. The maximum absolute atomic E-state index is 11.7. The Labute approximate surface area is 123 Å². The van der Waals surface area contributed by atoms with Crippen LogP contribution in [0.2, 0.25) is 0 Å². The second-order valence-corrected chi connectivity index (χ2v) is 6.80. The number of ether oxygens (including phenoxy) is 1. The molecule has 0 radical (unpaired) electrons. The molecule has 0 spiro atoms. The van der Waals surface area contributed by atoms with E-state index in [-0.39, 0.29) is 17.7 Å². The van der Waals surface area contributed by atoms with Crippen LogP contribution in [0.4, 0.5) is 10.5 Å². The normalized spacial score (nSPS) is 18.7. The van der Waals surface area contributed by atoms with Gasteiger partial charge in [0.1, 0.15) is 17.1 Å². The summed E-state index contributed by atoms with van der Waals surface area (Å²) in [5.41, 5.74) is 0.649. The molecule has 1 aromatic heterocycles. The Morgan fingerprint density at radius 1 is 1.60 bits per heavy atom. The zero-order chi connectivity index (χ0) is 14.8. The third kappa shape index (κ3) is 3.64. The van der Waals surface area contributed by atoms with Crippen LogP contribution in [0.15, 0.2) is 11.4 Å². The van der Waals surface area contributed by atoms with Gasteiger partial charge in [-0.05, 0) is 32.2 Å². The van der Waals surface area contributed by atoms with Gasteiger partial charge in [-0.15, -0.1) is 11.3 Å².